The third kappa shape index (κ3) is 5.22. The van der Waals surface area contributed by atoms with Crippen LogP contribution in [0, 0.1) is 0 Å². The maximum Gasteiger partial charge on any atom is 0.245 e. The molecule has 0 bridgehead atoms. The molecule has 7 nitrogen and oxygen atoms in total. The van der Waals surface area contributed by atoms with Crippen molar-refractivity contribution in [3.8, 4) is 11.5 Å². The zero-order valence-electron chi connectivity index (χ0n) is 13.8. The molecule has 1 saturated heterocycles. The summed E-state index contributed by atoms with van der Waals surface area (Å²) < 4.78 is 5.02. The highest BCUT2D eigenvalue weighted by Gasteiger charge is 2.20. The van der Waals surface area contributed by atoms with E-state index in [0.29, 0.717) is 17.7 Å². The molecule has 1 aliphatic rings. The lowest BCUT2D eigenvalue weighted by molar-refractivity contribution is -1.00. The van der Waals surface area contributed by atoms with Gasteiger partial charge in [-0.2, -0.15) is 5.10 Å². The molecule has 2 rings (SSSR count). The second-order valence-electron chi connectivity index (χ2n) is 5.90. The van der Waals surface area contributed by atoms with E-state index in [-0.39, 0.29) is 11.7 Å². The van der Waals surface area contributed by atoms with E-state index in [2.05, 4.69) is 17.6 Å². The zero-order chi connectivity index (χ0) is 16.7. The highest BCUT2D eigenvalue weighted by molar-refractivity contribution is 5.86. The standard InChI is InChI=1S/C16H24N4O3/c1-19-8-10-20(11-9-19)7-6-15(21)18-17-12-13-4-3-5-14(23-2)16(13)22/h3-5,12,22H,6-11H2,1-2H3,(H,18,21)/p+2/b17-12+. The molecule has 0 spiro atoms. The summed E-state index contributed by atoms with van der Waals surface area (Å²) in [5.41, 5.74) is 3.00. The van der Waals surface area contributed by atoms with Gasteiger partial charge < -0.3 is 19.6 Å². The fourth-order valence-corrected chi connectivity index (χ4v) is 2.61. The summed E-state index contributed by atoms with van der Waals surface area (Å²) >= 11 is 0. The quantitative estimate of drug-likeness (QED) is 0.350. The van der Waals surface area contributed by atoms with Crippen molar-refractivity contribution < 1.29 is 24.4 Å². The number of quaternary nitrogens is 2. The number of nitrogens with zero attached hydrogens (tertiary/aromatic N) is 1. The lowest BCUT2D eigenvalue weighted by atomic mass is 10.2. The monoisotopic (exact) mass is 322 g/mol. The topological polar surface area (TPSA) is 79.8 Å². The summed E-state index contributed by atoms with van der Waals surface area (Å²) in [5.74, 6) is 0.279. The Labute approximate surface area is 136 Å². The molecule has 1 heterocycles. The lowest BCUT2D eigenvalue weighted by Gasteiger charge is -2.26. The molecule has 0 radical (unpaired) electrons. The van der Waals surface area contributed by atoms with Gasteiger partial charge in [0.2, 0.25) is 5.91 Å². The van der Waals surface area contributed by atoms with Crippen LogP contribution in [0.1, 0.15) is 12.0 Å². The van der Waals surface area contributed by atoms with Crippen LogP contribution in [0.4, 0.5) is 0 Å². The fourth-order valence-electron chi connectivity index (χ4n) is 2.61. The van der Waals surface area contributed by atoms with Crippen LogP contribution in [-0.2, 0) is 4.79 Å². The number of phenolic OH excluding ortho intramolecular Hbond substituents is 1. The summed E-state index contributed by atoms with van der Waals surface area (Å²) in [6.45, 7) is 5.37. The van der Waals surface area contributed by atoms with Crippen LogP contribution in [0.15, 0.2) is 23.3 Å². The Hall–Kier alpha value is -2.12. The number of hydrazone groups is 1. The molecule has 0 atom stereocenters. The van der Waals surface area contributed by atoms with E-state index < -0.39 is 0 Å². The van der Waals surface area contributed by atoms with Crippen molar-refractivity contribution in [2.75, 3.05) is 46.9 Å². The molecular weight excluding hydrogens is 296 g/mol. The number of carbonyl (C=O) groups excluding carboxylic acids is 1. The molecular formula is C16H26N4O3+2. The number of rotatable bonds is 6. The van der Waals surface area contributed by atoms with E-state index in [1.54, 1.807) is 23.1 Å². The number of phenols is 1. The number of hydrogen-bond donors (Lipinski definition) is 4. The first-order valence-corrected chi connectivity index (χ1v) is 7.93. The van der Waals surface area contributed by atoms with Gasteiger partial charge >= 0.3 is 0 Å². The minimum Gasteiger partial charge on any atom is -0.504 e. The van der Waals surface area contributed by atoms with Crippen molar-refractivity contribution in [1.82, 2.24) is 5.43 Å². The average molecular weight is 322 g/mol. The normalized spacial score (nSPS) is 21.3. The van der Waals surface area contributed by atoms with Crippen molar-refractivity contribution >= 4 is 12.1 Å². The molecule has 1 amide bonds. The fraction of sp³-hybridized carbons (Fsp3) is 0.500. The lowest BCUT2D eigenvalue weighted by Crippen LogP contribution is -3.27. The molecule has 1 aliphatic heterocycles. The second kappa shape index (κ2) is 8.50. The van der Waals surface area contributed by atoms with E-state index in [9.17, 15) is 9.90 Å². The maximum atomic E-state index is 11.8. The molecule has 4 N–H and O–H groups in total. The van der Waals surface area contributed by atoms with Gasteiger partial charge in [0.25, 0.3) is 0 Å². The van der Waals surface area contributed by atoms with Crippen LogP contribution >= 0.6 is 0 Å². The Morgan fingerprint density at radius 3 is 2.83 bits per heavy atom. The predicted molar refractivity (Wildman–Crippen MR) is 87.2 cm³/mol. The van der Waals surface area contributed by atoms with Crippen molar-refractivity contribution in [2.45, 2.75) is 6.42 Å². The number of hydrogen-bond acceptors (Lipinski definition) is 4. The summed E-state index contributed by atoms with van der Waals surface area (Å²) in [5, 5.41) is 13.8. The van der Waals surface area contributed by atoms with Crippen LogP contribution in [0.2, 0.25) is 0 Å². The Balaban J connectivity index is 1.76. The molecule has 126 valence electrons. The minimum atomic E-state index is -0.109. The van der Waals surface area contributed by atoms with Crippen LogP contribution < -0.4 is 20.0 Å². The second-order valence-corrected chi connectivity index (χ2v) is 5.90. The Morgan fingerprint density at radius 2 is 2.13 bits per heavy atom. The zero-order valence-corrected chi connectivity index (χ0v) is 13.8. The summed E-state index contributed by atoms with van der Waals surface area (Å²) in [6.07, 6.45) is 1.87. The largest absolute Gasteiger partial charge is 0.504 e. The van der Waals surface area contributed by atoms with Gasteiger partial charge in [0, 0.05) is 5.56 Å². The van der Waals surface area contributed by atoms with E-state index in [1.807, 2.05) is 0 Å². The van der Waals surface area contributed by atoms with Crippen LogP contribution in [0.25, 0.3) is 0 Å². The Morgan fingerprint density at radius 1 is 1.39 bits per heavy atom. The van der Waals surface area contributed by atoms with Gasteiger partial charge in [0.15, 0.2) is 11.5 Å². The molecule has 0 saturated carbocycles. The summed E-state index contributed by atoms with van der Waals surface area (Å²) in [6, 6.07) is 5.11. The van der Waals surface area contributed by atoms with E-state index in [0.717, 1.165) is 32.7 Å². The Bertz CT molecular complexity index is 554. The molecule has 0 aromatic heterocycles. The van der Waals surface area contributed by atoms with Gasteiger partial charge in [0.1, 0.15) is 26.2 Å². The number of likely N-dealkylation sites (N-methyl/N-ethyl adjacent to an activating group) is 1. The number of methoxy groups -OCH3 is 1. The van der Waals surface area contributed by atoms with Gasteiger partial charge in [-0.1, -0.05) is 6.07 Å². The molecule has 7 heteroatoms. The van der Waals surface area contributed by atoms with Crippen molar-refractivity contribution in [1.29, 1.82) is 0 Å². The Kier molecular flexibility index (Phi) is 6.37. The molecule has 0 unspecified atom stereocenters. The van der Waals surface area contributed by atoms with Gasteiger partial charge in [0.05, 0.1) is 33.3 Å². The van der Waals surface area contributed by atoms with E-state index >= 15 is 0 Å². The van der Waals surface area contributed by atoms with Crippen molar-refractivity contribution in [3.05, 3.63) is 23.8 Å². The molecule has 1 aromatic rings. The van der Waals surface area contributed by atoms with Crippen LogP contribution in [-0.4, -0.2) is 64.1 Å². The number of nitrogens with one attached hydrogen (secondary N) is 3. The number of aromatic hydroxyl groups is 1. The first-order chi connectivity index (χ1) is 11.1. The molecule has 0 aliphatic carbocycles. The third-order valence-electron chi connectivity index (χ3n) is 4.16. The van der Waals surface area contributed by atoms with E-state index in [1.165, 1.54) is 18.2 Å². The van der Waals surface area contributed by atoms with Gasteiger partial charge in [-0.05, 0) is 12.1 Å². The average Bonchev–Trinajstić information content (AvgIpc) is 2.56. The highest BCUT2D eigenvalue weighted by atomic mass is 16.5. The number of para-hydroxylation sites is 1. The molecule has 1 aromatic carbocycles. The van der Waals surface area contributed by atoms with Crippen LogP contribution in [0.3, 0.4) is 0 Å². The van der Waals surface area contributed by atoms with E-state index in [4.69, 9.17) is 4.74 Å². The summed E-state index contributed by atoms with van der Waals surface area (Å²) in [7, 11) is 3.69. The predicted octanol–water partition coefficient (Wildman–Crippen LogP) is -2.35. The number of piperazine rings is 1. The molecule has 1 fully saturated rings. The number of benzene rings is 1. The number of carbonyl (C=O) groups is 1. The minimum absolute atomic E-state index is 0.0115. The number of amides is 1. The SMILES string of the molecule is COc1cccc(/C=N/NC(=O)CC[NH+]2CC[NH+](C)CC2)c1O. The first-order valence-electron chi connectivity index (χ1n) is 7.93. The molecule has 23 heavy (non-hydrogen) atoms. The van der Waals surface area contributed by atoms with Crippen LogP contribution in [0.5, 0.6) is 11.5 Å². The first kappa shape index (κ1) is 17.2. The highest BCUT2D eigenvalue weighted by Crippen LogP contribution is 2.27. The third-order valence-corrected chi connectivity index (χ3v) is 4.16. The van der Waals surface area contributed by atoms with Gasteiger partial charge in [-0.3, -0.25) is 4.79 Å². The van der Waals surface area contributed by atoms with Crippen molar-refractivity contribution in [2.24, 2.45) is 5.10 Å². The smallest absolute Gasteiger partial charge is 0.245 e. The van der Waals surface area contributed by atoms with Gasteiger partial charge in [-0.15, -0.1) is 0 Å². The maximum absolute atomic E-state index is 11.8. The van der Waals surface area contributed by atoms with Crippen molar-refractivity contribution in [3.63, 3.8) is 0 Å². The summed E-state index contributed by atoms with van der Waals surface area (Å²) in [4.78, 5) is 14.8. The number of ether oxygens (including phenoxy) is 1. The van der Waals surface area contributed by atoms with Gasteiger partial charge in [-0.25, -0.2) is 5.43 Å².